The number of rotatable bonds is 5. The van der Waals surface area contributed by atoms with E-state index in [0.29, 0.717) is 24.0 Å². The summed E-state index contributed by atoms with van der Waals surface area (Å²) in [4.78, 5) is 23.3. The van der Waals surface area contributed by atoms with Crippen LogP contribution < -0.4 is 9.47 Å². The van der Waals surface area contributed by atoms with Gasteiger partial charge in [0.15, 0.2) is 17.3 Å². The largest absolute Gasteiger partial charge is 0.493 e. The molecule has 27 heavy (non-hydrogen) atoms. The SMILES string of the molecule is COc1cc(/C=C2\CCc3ccccc3C2=O)c([N+](=O)[O-])cc1OC(F)F. The number of ether oxygens (including phenoxy) is 2. The number of alkyl halides is 2. The standard InChI is InChI=1S/C19H15F2NO5/c1-26-16-9-13(15(22(24)25)10-17(16)27-19(20)21)8-12-7-6-11-4-2-3-5-14(11)18(12)23/h2-5,8-10,19H,6-7H2,1H3/b12-8+. The maximum Gasteiger partial charge on any atom is 0.387 e. The van der Waals surface area contributed by atoms with E-state index in [1.807, 2.05) is 12.1 Å². The fourth-order valence-electron chi connectivity index (χ4n) is 3.03. The summed E-state index contributed by atoms with van der Waals surface area (Å²) in [6.07, 6.45) is 2.46. The van der Waals surface area contributed by atoms with Crippen molar-refractivity contribution >= 4 is 17.5 Å². The number of halogens is 2. The lowest BCUT2D eigenvalue weighted by Crippen LogP contribution is -2.14. The first-order valence-corrected chi connectivity index (χ1v) is 8.05. The summed E-state index contributed by atoms with van der Waals surface area (Å²) in [5.74, 6) is -0.740. The molecular weight excluding hydrogens is 360 g/mol. The molecule has 0 saturated carbocycles. The average molecular weight is 375 g/mol. The van der Waals surface area contributed by atoms with E-state index in [-0.39, 0.29) is 17.1 Å². The predicted molar refractivity (Wildman–Crippen MR) is 93.4 cm³/mol. The molecule has 1 aliphatic carbocycles. The number of hydrogen-bond acceptors (Lipinski definition) is 5. The summed E-state index contributed by atoms with van der Waals surface area (Å²) in [7, 11) is 1.23. The van der Waals surface area contributed by atoms with Crippen molar-refractivity contribution in [3.8, 4) is 11.5 Å². The molecule has 0 aromatic heterocycles. The monoisotopic (exact) mass is 375 g/mol. The summed E-state index contributed by atoms with van der Waals surface area (Å²) in [5.41, 5.74) is 1.52. The molecule has 0 radical (unpaired) electrons. The number of ketones is 1. The van der Waals surface area contributed by atoms with E-state index in [2.05, 4.69) is 4.74 Å². The van der Waals surface area contributed by atoms with Gasteiger partial charge in [-0.1, -0.05) is 24.3 Å². The zero-order valence-electron chi connectivity index (χ0n) is 14.3. The van der Waals surface area contributed by atoms with Crippen LogP contribution in [0.2, 0.25) is 0 Å². The summed E-state index contributed by atoms with van der Waals surface area (Å²) in [6, 6.07) is 9.26. The van der Waals surface area contributed by atoms with E-state index >= 15 is 0 Å². The number of allylic oxidation sites excluding steroid dienone is 1. The highest BCUT2D eigenvalue weighted by Crippen LogP contribution is 2.37. The van der Waals surface area contributed by atoms with Crippen molar-refractivity contribution in [3.05, 3.63) is 68.8 Å². The number of nitrogens with zero attached hydrogens (tertiary/aromatic N) is 1. The van der Waals surface area contributed by atoms with Crippen LogP contribution in [-0.4, -0.2) is 24.4 Å². The lowest BCUT2D eigenvalue weighted by Gasteiger charge is -2.17. The number of carbonyl (C=O) groups is 1. The third-order valence-electron chi connectivity index (χ3n) is 4.27. The molecule has 0 spiro atoms. The topological polar surface area (TPSA) is 78.7 Å². The molecule has 0 amide bonds. The molecule has 8 heteroatoms. The van der Waals surface area contributed by atoms with Crippen molar-refractivity contribution in [2.24, 2.45) is 0 Å². The summed E-state index contributed by atoms with van der Waals surface area (Å²) in [6.45, 7) is -3.15. The number of Topliss-reactive ketones (excluding diaryl/α,β-unsaturated/α-hetero) is 1. The Labute approximate surface area is 153 Å². The van der Waals surface area contributed by atoms with Crippen LogP contribution in [0.15, 0.2) is 42.0 Å². The van der Waals surface area contributed by atoms with Gasteiger partial charge in [-0.2, -0.15) is 8.78 Å². The number of benzene rings is 2. The molecule has 140 valence electrons. The molecule has 2 aromatic carbocycles. The number of fused-ring (bicyclic) bond motifs is 1. The van der Waals surface area contributed by atoms with E-state index in [0.717, 1.165) is 11.6 Å². The maximum absolute atomic E-state index is 12.7. The van der Waals surface area contributed by atoms with Gasteiger partial charge in [0.1, 0.15) is 0 Å². The second-order valence-corrected chi connectivity index (χ2v) is 5.85. The third kappa shape index (κ3) is 3.79. The molecule has 0 saturated heterocycles. The van der Waals surface area contributed by atoms with Crippen LogP contribution in [-0.2, 0) is 6.42 Å². The molecule has 3 rings (SSSR count). The van der Waals surface area contributed by atoms with Gasteiger partial charge >= 0.3 is 6.61 Å². The fraction of sp³-hybridized carbons (Fsp3) is 0.211. The Morgan fingerprint density at radius 3 is 2.59 bits per heavy atom. The van der Waals surface area contributed by atoms with Gasteiger partial charge in [-0.3, -0.25) is 14.9 Å². The lowest BCUT2D eigenvalue weighted by molar-refractivity contribution is -0.385. The molecular formula is C19H15F2NO5. The zero-order valence-corrected chi connectivity index (χ0v) is 14.3. The molecule has 0 bridgehead atoms. The number of methoxy groups -OCH3 is 1. The van der Waals surface area contributed by atoms with Crippen LogP contribution in [0.4, 0.5) is 14.5 Å². The van der Waals surface area contributed by atoms with Crippen molar-refractivity contribution < 1.29 is 28.0 Å². The van der Waals surface area contributed by atoms with Crippen molar-refractivity contribution in [1.82, 2.24) is 0 Å². The van der Waals surface area contributed by atoms with Crippen LogP contribution >= 0.6 is 0 Å². The van der Waals surface area contributed by atoms with Crippen LogP contribution in [0, 0.1) is 10.1 Å². The summed E-state index contributed by atoms with van der Waals surface area (Å²) in [5, 5.41) is 11.4. The Kier molecular flexibility index (Phi) is 5.16. The van der Waals surface area contributed by atoms with Crippen LogP contribution in [0.25, 0.3) is 6.08 Å². The second kappa shape index (κ2) is 7.53. The molecule has 6 nitrogen and oxygen atoms in total. The molecule has 0 heterocycles. The quantitative estimate of drug-likeness (QED) is 0.439. The summed E-state index contributed by atoms with van der Waals surface area (Å²) < 4.78 is 34.3. The van der Waals surface area contributed by atoms with Crippen LogP contribution in [0.3, 0.4) is 0 Å². The van der Waals surface area contributed by atoms with Crippen molar-refractivity contribution in [1.29, 1.82) is 0 Å². The maximum atomic E-state index is 12.7. The molecule has 0 aliphatic heterocycles. The van der Waals surface area contributed by atoms with Gasteiger partial charge in [-0.05, 0) is 30.5 Å². The van der Waals surface area contributed by atoms with Gasteiger partial charge < -0.3 is 9.47 Å². The molecule has 0 atom stereocenters. The Hall–Kier alpha value is -3.29. The van der Waals surface area contributed by atoms with E-state index in [1.165, 1.54) is 19.3 Å². The number of nitro benzene ring substituents is 1. The third-order valence-corrected chi connectivity index (χ3v) is 4.27. The van der Waals surface area contributed by atoms with Crippen molar-refractivity contribution in [2.75, 3.05) is 7.11 Å². The van der Waals surface area contributed by atoms with Gasteiger partial charge in [0.25, 0.3) is 5.69 Å². The first-order chi connectivity index (χ1) is 12.9. The van der Waals surface area contributed by atoms with Gasteiger partial charge in [0.05, 0.1) is 23.7 Å². The number of hydrogen-bond donors (Lipinski definition) is 0. The minimum atomic E-state index is -3.15. The van der Waals surface area contributed by atoms with E-state index in [1.54, 1.807) is 12.1 Å². The Balaban J connectivity index is 2.07. The first-order valence-electron chi connectivity index (χ1n) is 8.05. The highest BCUT2D eigenvalue weighted by atomic mass is 19.3. The number of nitro groups is 1. The molecule has 0 fully saturated rings. The van der Waals surface area contributed by atoms with Crippen LogP contribution in [0.1, 0.15) is 27.9 Å². The van der Waals surface area contributed by atoms with Gasteiger partial charge in [-0.25, -0.2) is 0 Å². The van der Waals surface area contributed by atoms with Crippen LogP contribution in [0.5, 0.6) is 11.5 Å². The molecule has 0 unspecified atom stereocenters. The van der Waals surface area contributed by atoms with Crippen molar-refractivity contribution in [3.63, 3.8) is 0 Å². The smallest absolute Gasteiger partial charge is 0.387 e. The van der Waals surface area contributed by atoms with Gasteiger partial charge in [0, 0.05) is 11.1 Å². The van der Waals surface area contributed by atoms with E-state index in [9.17, 15) is 23.7 Å². The highest BCUT2D eigenvalue weighted by molar-refractivity contribution is 6.13. The van der Waals surface area contributed by atoms with Gasteiger partial charge in [0.2, 0.25) is 0 Å². The van der Waals surface area contributed by atoms with Gasteiger partial charge in [-0.15, -0.1) is 0 Å². The Morgan fingerprint density at radius 2 is 1.93 bits per heavy atom. The fourth-order valence-corrected chi connectivity index (χ4v) is 3.03. The minimum absolute atomic E-state index is 0.0844. The average Bonchev–Trinajstić information content (AvgIpc) is 2.64. The Bertz CT molecular complexity index is 940. The minimum Gasteiger partial charge on any atom is -0.493 e. The van der Waals surface area contributed by atoms with E-state index in [4.69, 9.17) is 4.74 Å². The number of carbonyl (C=O) groups excluding carboxylic acids is 1. The highest BCUT2D eigenvalue weighted by Gasteiger charge is 2.25. The van der Waals surface area contributed by atoms with E-state index < -0.39 is 23.0 Å². The molecule has 2 aromatic rings. The second-order valence-electron chi connectivity index (χ2n) is 5.85. The normalized spacial score (nSPS) is 15.0. The Morgan fingerprint density at radius 1 is 1.19 bits per heavy atom. The zero-order chi connectivity index (χ0) is 19.6. The predicted octanol–water partition coefficient (Wildman–Crippen LogP) is 4.42. The number of aryl methyl sites for hydroxylation is 1. The molecule has 0 N–H and O–H groups in total. The lowest BCUT2D eigenvalue weighted by atomic mass is 9.86. The molecule has 1 aliphatic rings. The van der Waals surface area contributed by atoms with Crippen molar-refractivity contribution in [2.45, 2.75) is 19.5 Å². The summed E-state index contributed by atoms with van der Waals surface area (Å²) >= 11 is 0. The first kappa shape index (κ1) is 18.5.